The highest BCUT2D eigenvalue weighted by molar-refractivity contribution is 5.94. The van der Waals surface area contributed by atoms with Crippen LogP contribution in [0.1, 0.15) is 16.2 Å². The first-order chi connectivity index (χ1) is 13.6. The Balaban J connectivity index is 1.46. The van der Waals surface area contributed by atoms with Crippen LogP contribution in [0.25, 0.3) is 5.82 Å². The van der Waals surface area contributed by atoms with Gasteiger partial charge >= 0.3 is 0 Å². The molecule has 8 nitrogen and oxygen atoms in total. The molecule has 28 heavy (non-hydrogen) atoms. The van der Waals surface area contributed by atoms with Crippen LogP contribution >= 0.6 is 0 Å². The number of benzene rings is 1. The van der Waals surface area contributed by atoms with Crippen molar-refractivity contribution in [1.82, 2.24) is 24.4 Å². The van der Waals surface area contributed by atoms with E-state index in [0.717, 1.165) is 24.7 Å². The van der Waals surface area contributed by atoms with Crippen molar-refractivity contribution in [3.8, 4) is 11.6 Å². The van der Waals surface area contributed by atoms with E-state index in [4.69, 9.17) is 4.74 Å². The number of piperazine rings is 1. The minimum atomic E-state index is 0.0246. The number of hydrogen-bond acceptors (Lipinski definition) is 6. The zero-order valence-electron chi connectivity index (χ0n) is 15.9. The zero-order chi connectivity index (χ0) is 19.5. The van der Waals surface area contributed by atoms with Crippen LogP contribution in [0, 0.1) is 6.92 Å². The summed E-state index contributed by atoms with van der Waals surface area (Å²) in [6, 6.07) is 9.23. The fourth-order valence-electron chi connectivity index (χ4n) is 3.30. The first-order valence-electron chi connectivity index (χ1n) is 9.16. The molecule has 0 spiro atoms. The molecule has 0 saturated carbocycles. The van der Waals surface area contributed by atoms with Gasteiger partial charge < -0.3 is 14.5 Å². The summed E-state index contributed by atoms with van der Waals surface area (Å²) in [5.41, 5.74) is 0.646. The lowest BCUT2D eigenvalue weighted by Gasteiger charge is -2.35. The number of aryl methyl sites for hydroxylation is 1. The molecule has 3 aromatic rings. The van der Waals surface area contributed by atoms with Crippen LogP contribution in [-0.2, 0) is 0 Å². The molecule has 1 saturated heterocycles. The largest absolute Gasteiger partial charge is 0.497 e. The molecule has 3 heterocycles. The van der Waals surface area contributed by atoms with Crippen molar-refractivity contribution in [2.24, 2.45) is 0 Å². The molecule has 1 aromatic carbocycles. The predicted octanol–water partition coefficient (Wildman–Crippen LogP) is 1.94. The smallest absolute Gasteiger partial charge is 0.254 e. The van der Waals surface area contributed by atoms with Gasteiger partial charge in [0.2, 0.25) is 0 Å². The van der Waals surface area contributed by atoms with Crippen LogP contribution in [-0.4, -0.2) is 63.6 Å². The van der Waals surface area contributed by atoms with Gasteiger partial charge in [-0.05, 0) is 25.1 Å². The molecule has 1 fully saturated rings. The number of amides is 1. The van der Waals surface area contributed by atoms with Gasteiger partial charge in [0, 0.05) is 50.2 Å². The molecule has 4 rings (SSSR count). The third-order valence-corrected chi connectivity index (χ3v) is 4.79. The Kier molecular flexibility index (Phi) is 4.92. The standard InChI is InChI=1S/C20H22N6O2/c1-15-22-18(13-19(23-15)26-7-6-21-14-26)24-8-10-25(11-9-24)20(27)16-4-3-5-17(12-16)28-2/h3-7,12-14H,8-11H2,1-2H3. The van der Waals surface area contributed by atoms with Gasteiger partial charge in [0.15, 0.2) is 0 Å². The van der Waals surface area contributed by atoms with E-state index in [1.807, 2.05) is 46.9 Å². The van der Waals surface area contributed by atoms with Gasteiger partial charge in [0.05, 0.1) is 7.11 Å². The average Bonchev–Trinajstić information content (AvgIpc) is 3.28. The van der Waals surface area contributed by atoms with Gasteiger partial charge in [-0.25, -0.2) is 15.0 Å². The quantitative estimate of drug-likeness (QED) is 0.691. The molecule has 0 aliphatic carbocycles. The highest BCUT2D eigenvalue weighted by Gasteiger charge is 2.23. The van der Waals surface area contributed by atoms with Gasteiger partial charge in [-0.15, -0.1) is 0 Å². The van der Waals surface area contributed by atoms with Crippen molar-refractivity contribution >= 4 is 11.7 Å². The van der Waals surface area contributed by atoms with Gasteiger partial charge in [-0.1, -0.05) is 6.07 Å². The van der Waals surface area contributed by atoms with Gasteiger partial charge in [0.1, 0.15) is 29.5 Å². The fourth-order valence-corrected chi connectivity index (χ4v) is 3.30. The number of ether oxygens (including phenoxy) is 1. The zero-order valence-corrected chi connectivity index (χ0v) is 15.9. The number of rotatable bonds is 4. The van der Waals surface area contributed by atoms with Crippen molar-refractivity contribution in [2.45, 2.75) is 6.92 Å². The van der Waals surface area contributed by atoms with Crippen molar-refractivity contribution in [3.05, 3.63) is 60.4 Å². The van der Waals surface area contributed by atoms with E-state index in [-0.39, 0.29) is 5.91 Å². The Morgan fingerprint density at radius 3 is 2.57 bits per heavy atom. The molecule has 0 atom stereocenters. The maximum Gasteiger partial charge on any atom is 0.254 e. The summed E-state index contributed by atoms with van der Waals surface area (Å²) in [5.74, 6) is 3.07. The van der Waals surface area contributed by atoms with Gasteiger partial charge in [-0.3, -0.25) is 9.36 Å². The number of aromatic nitrogens is 4. The lowest BCUT2D eigenvalue weighted by molar-refractivity contribution is 0.0746. The van der Waals surface area contributed by atoms with E-state index in [0.29, 0.717) is 30.2 Å². The van der Waals surface area contributed by atoms with E-state index in [1.165, 1.54) is 0 Å². The normalized spacial score (nSPS) is 14.2. The monoisotopic (exact) mass is 378 g/mol. The summed E-state index contributed by atoms with van der Waals surface area (Å²) >= 11 is 0. The van der Waals surface area contributed by atoms with Crippen molar-refractivity contribution in [1.29, 1.82) is 0 Å². The van der Waals surface area contributed by atoms with Crippen molar-refractivity contribution < 1.29 is 9.53 Å². The van der Waals surface area contributed by atoms with E-state index >= 15 is 0 Å². The van der Waals surface area contributed by atoms with Gasteiger partial charge in [0.25, 0.3) is 5.91 Å². The second-order valence-electron chi connectivity index (χ2n) is 6.61. The molecule has 8 heteroatoms. The molecule has 0 bridgehead atoms. The summed E-state index contributed by atoms with van der Waals surface area (Å²) in [6.07, 6.45) is 5.30. The highest BCUT2D eigenvalue weighted by atomic mass is 16.5. The minimum absolute atomic E-state index is 0.0246. The Morgan fingerprint density at radius 1 is 1.07 bits per heavy atom. The molecule has 1 amide bonds. The molecular weight excluding hydrogens is 356 g/mol. The number of anilines is 1. The second-order valence-corrected chi connectivity index (χ2v) is 6.61. The summed E-state index contributed by atoms with van der Waals surface area (Å²) < 4.78 is 7.08. The van der Waals surface area contributed by atoms with Crippen LogP contribution < -0.4 is 9.64 Å². The topological polar surface area (TPSA) is 76.4 Å². The average molecular weight is 378 g/mol. The maximum absolute atomic E-state index is 12.8. The molecule has 0 N–H and O–H groups in total. The Bertz CT molecular complexity index is 965. The number of methoxy groups -OCH3 is 1. The Labute approximate surface area is 163 Å². The molecule has 144 valence electrons. The van der Waals surface area contributed by atoms with Crippen LogP contribution in [0.5, 0.6) is 5.75 Å². The Morgan fingerprint density at radius 2 is 1.86 bits per heavy atom. The van der Waals surface area contributed by atoms with E-state index in [9.17, 15) is 4.79 Å². The van der Waals surface area contributed by atoms with E-state index < -0.39 is 0 Å². The van der Waals surface area contributed by atoms with Crippen LogP contribution in [0.15, 0.2) is 49.1 Å². The second kappa shape index (κ2) is 7.67. The predicted molar refractivity (Wildman–Crippen MR) is 105 cm³/mol. The number of carbonyl (C=O) groups is 1. The summed E-state index contributed by atoms with van der Waals surface area (Å²) in [7, 11) is 1.60. The van der Waals surface area contributed by atoms with Crippen LogP contribution in [0.2, 0.25) is 0 Å². The fraction of sp³-hybridized carbons (Fsp3) is 0.300. The van der Waals surface area contributed by atoms with Crippen LogP contribution in [0.3, 0.4) is 0 Å². The summed E-state index contributed by atoms with van der Waals surface area (Å²) in [6.45, 7) is 4.59. The van der Waals surface area contributed by atoms with Gasteiger partial charge in [-0.2, -0.15) is 0 Å². The molecule has 0 radical (unpaired) electrons. The molecular formula is C20H22N6O2. The third-order valence-electron chi connectivity index (χ3n) is 4.79. The first-order valence-corrected chi connectivity index (χ1v) is 9.16. The number of hydrogen-bond donors (Lipinski definition) is 0. The first kappa shape index (κ1) is 18.0. The summed E-state index contributed by atoms with van der Waals surface area (Å²) in [5, 5.41) is 0. The maximum atomic E-state index is 12.8. The third kappa shape index (κ3) is 3.66. The lowest BCUT2D eigenvalue weighted by atomic mass is 10.1. The van der Waals surface area contributed by atoms with E-state index in [1.54, 1.807) is 25.7 Å². The lowest BCUT2D eigenvalue weighted by Crippen LogP contribution is -2.49. The molecule has 1 aliphatic rings. The molecule has 0 unspecified atom stereocenters. The highest BCUT2D eigenvalue weighted by Crippen LogP contribution is 2.19. The van der Waals surface area contributed by atoms with E-state index in [2.05, 4.69) is 19.9 Å². The van der Waals surface area contributed by atoms with Crippen LogP contribution in [0.4, 0.5) is 5.82 Å². The van der Waals surface area contributed by atoms with Crippen molar-refractivity contribution in [3.63, 3.8) is 0 Å². The molecule has 1 aliphatic heterocycles. The number of carbonyl (C=O) groups excluding carboxylic acids is 1. The Hall–Kier alpha value is -3.42. The minimum Gasteiger partial charge on any atom is -0.497 e. The number of nitrogens with zero attached hydrogens (tertiary/aromatic N) is 6. The summed E-state index contributed by atoms with van der Waals surface area (Å²) in [4.78, 5) is 30.0. The molecule has 2 aromatic heterocycles. The number of imidazole rings is 1. The van der Waals surface area contributed by atoms with Crippen molar-refractivity contribution in [2.75, 3.05) is 38.2 Å². The SMILES string of the molecule is COc1cccc(C(=O)N2CCN(c3cc(-n4ccnc4)nc(C)n3)CC2)c1.